The van der Waals surface area contributed by atoms with Crippen LogP contribution in [0.15, 0.2) is 29.1 Å². The fourth-order valence-electron chi connectivity index (χ4n) is 2.24. The first-order valence-electron chi connectivity index (χ1n) is 7.43. The Hall–Kier alpha value is -2.35. The molecule has 1 amide bonds. The molecule has 8 heteroatoms. The molecular formula is C16H20N2O5S. The quantitative estimate of drug-likeness (QED) is 0.760. The largest absolute Gasteiger partial charge is 0.497 e. The summed E-state index contributed by atoms with van der Waals surface area (Å²) in [7, 11) is -1.60. The second-order valence-corrected chi connectivity index (χ2v) is 7.82. The summed E-state index contributed by atoms with van der Waals surface area (Å²) in [4.78, 5) is 26.4. The van der Waals surface area contributed by atoms with Crippen LogP contribution in [0.3, 0.4) is 0 Å². The average Bonchev–Trinajstić information content (AvgIpc) is 2.52. The molecule has 0 aliphatic heterocycles. The molecule has 1 heterocycles. The number of nitrogens with one attached hydrogen (secondary N) is 2. The molecule has 130 valence electrons. The number of pyridine rings is 1. The first-order valence-corrected chi connectivity index (χ1v) is 9.49. The maximum atomic E-state index is 12.1. The smallest absolute Gasteiger partial charge is 0.251 e. The van der Waals surface area contributed by atoms with E-state index in [2.05, 4.69) is 10.3 Å². The molecule has 0 spiro atoms. The summed E-state index contributed by atoms with van der Waals surface area (Å²) in [6.45, 7) is 0.271. The molecule has 2 rings (SSSR count). The molecule has 2 N–H and O–H groups in total. The molecule has 0 aliphatic carbocycles. The molecule has 1 aromatic carbocycles. The molecule has 0 aliphatic rings. The lowest BCUT2D eigenvalue weighted by Gasteiger charge is -2.07. The summed E-state index contributed by atoms with van der Waals surface area (Å²) in [6, 6.07) is 7.17. The van der Waals surface area contributed by atoms with Gasteiger partial charge in [-0.15, -0.1) is 0 Å². The van der Waals surface area contributed by atoms with Crippen LogP contribution < -0.4 is 15.6 Å². The van der Waals surface area contributed by atoms with Crippen molar-refractivity contribution in [2.24, 2.45) is 0 Å². The van der Waals surface area contributed by atoms with Gasteiger partial charge in [0, 0.05) is 30.9 Å². The van der Waals surface area contributed by atoms with Crippen molar-refractivity contribution in [1.29, 1.82) is 0 Å². The van der Waals surface area contributed by atoms with Crippen molar-refractivity contribution in [2.75, 3.05) is 25.7 Å². The molecule has 1 aromatic heterocycles. The Morgan fingerprint density at radius 1 is 1.29 bits per heavy atom. The van der Waals surface area contributed by atoms with Gasteiger partial charge in [0.05, 0.1) is 18.4 Å². The molecular weight excluding hydrogens is 332 g/mol. The highest BCUT2D eigenvalue weighted by molar-refractivity contribution is 7.90. The number of hydrogen-bond donors (Lipinski definition) is 2. The zero-order valence-corrected chi connectivity index (χ0v) is 14.4. The highest BCUT2D eigenvalue weighted by Gasteiger charge is 2.09. The van der Waals surface area contributed by atoms with E-state index in [0.717, 1.165) is 11.6 Å². The topological polar surface area (TPSA) is 105 Å². The monoisotopic (exact) mass is 352 g/mol. The summed E-state index contributed by atoms with van der Waals surface area (Å²) in [6.07, 6.45) is 1.37. The van der Waals surface area contributed by atoms with Gasteiger partial charge in [-0.05, 0) is 30.0 Å². The summed E-state index contributed by atoms with van der Waals surface area (Å²) in [5.74, 6) is 0.128. The first-order chi connectivity index (χ1) is 11.3. The van der Waals surface area contributed by atoms with Crippen LogP contribution in [0.2, 0.25) is 0 Å². The Labute approximate surface area is 139 Å². The van der Waals surface area contributed by atoms with Crippen LogP contribution in [-0.4, -0.2) is 45.0 Å². The number of fused-ring (bicyclic) bond motifs is 1. The minimum Gasteiger partial charge on any atom is -0.497 e. The summed E-state index contributed by atoms with van der Waals surface area (Å²) >= 11 is 0. The lowest BCUT2D eigenvalue weighted by atomic mass is 10.1. The number of carbonyl (C=O) groups is 1. The molecule has 0 radical (unpaired) electrons. The molecule has 0 saturated carbocycles. The highest BCUT2D eigenvalue weighted by atomic mass is 32.2. The number of sulfone groups is 1. The number of amides is 1. The van der Waals surface area contributed by atoms with Crippen molar-refractivity contribution in [2.45, 2.75) is 12.8 Å². The fourth-order valence-corrected chi connectivity index (χ4v) is 2.80. The second-order valence-electron chi connectivity index (χ2n) is 5.56. The molecule has 0 bridgehead atoms. The SMILES string of the molecule is COc1ccc2cc(CCNC(=O)CCS(C)(=O)=O)c(=O)[nH]c2c1. The van der Waals surface area contributed by atoms with Gasteiger partial charge in [0.15, 0.2) is 0 Å². The molecule has 0 atom stereocenters. The number of aromatic amines is 1. The predicted octanol–water partition coefficient (Wildman–Crippen LogP) is 0.630. The number of ether oxygens (including phenoxy) is 1. The molecule has 0 unspecified atom stereocenters. The van der Waals surface area contributed by atoms with E-state index in [1.54, 1.807) is 25.3 Å². The van der Waals surface area contributed by atoms with E-state index in [4.69, 9.17) is 4.74 Å². The fraction of sp³-hybridized carbons (Fsp3) is 0.375. The molecule has 24 heavy (non-hydrogen) atoms. The zero-order valence-electron chi connectivity index (χ0n) is 13.6. The number of hydrogen-bond acceptors (Lipinski definition) is 5. The Bertz CT molecular complexity index is 902. The van der Waals surface area contributed by atoms with Gasteiger partial charge in [-0.3, -0.25) is 9.59 Å². The lowest BCUT2D eigenvalue weighted by molar-refractivity contribution is -0.120. The van der Waals surface area contributed by atoms with E-state index in [1.807, 2.05) is 6.07 Å². The van der Waals surface area contributed by atoms with Gasteiger partial charge in [-0.1, -0.05) is 0 Å². The minimum absolute atomic E-state index is 0.0767. The van der Waals surface area contributed by atoms with E-state index in [0.29, 0.717) is 23.3 Å². The Kier molecular flexibility index (Phi) is 5.61. The van der Waals surface area contributed by atoms with Crippen molar-refractivity contribution in [3.8, 4) is 5.75 Å². The summed E-state index contributed by atoms with van der Waals surface area (Å²) in [5.41, 5.74) is 1.01. The van der Waals surface area contributed by atoms with Gasteiger partial charge in [0.2, 0.25) is 5.91 Å². The number of carbonyl (C=O) groups excluding carboxylic acids is 1. The first kappa shape index (κ1) is 18.0. The van der Waals surface area contributed by atoms with Crippen molar-refractivity contribution in [3.05, 3.63) is 40.2 Å². The van der Waals surface area contributed by atoms with Gasteiger partial charge in [-0.25, -0.2) is 8.42 Å². The van der Waals surface area contributed by atoms with Crippen molar-refractivity contribution < 1.29 is 17.9 Å². The molecule has 0 fully saturated rings. The lowest BCUT2D eigenvalue weighted by Crippen LogP contribution is -2.28. The third-order valence-corrected chi connectivity index (χ3v) is 4.49. The molecule has 2 aromatic rings. The van der Waals surface area contributed by atoms with Crippen LogP contribution in [0, 0.1) is 0 Å². The van der Waals surface area contributed by atoms with Gasteiger partial charge in [0.25, 0.3) is 5.56 Å². The van der Waals surface area contributed by atoms with Crippen LogP contribution in [0.1, 0.15) is 12.0 Å². The Morgan fingerprint density at radius 2 is 2.04 bits per heavy atom. The van der Waals surface area contributed by atoms with E-state index >= 15 is 0 Å². The minimum atomic E-state index is -3.16. The van der Waals surface area contributed by atoms with E-state index < -0.39 is 9.84 Å². The van der Waals surface area contributed by atoms with Gasteiger partial charge < -0.3 is 15.0 Å². The second kappa shape index (κ2) is 7.48. The Balaban J connectivity index is 1.99. The number of aromatic nitrogens is 1. The number of H-pyrrole nitrogens is 1. The van der Waals surface area contributed by atoms with E-state index in [1.165, 1.54) is 0 Å². The maximum absolute atomic E-state index is 12.1. The number of methoxy groups -OCH3 is 1. The van der Waals surface area contributed by atoms with Crippen LogP contribution in [0.4, 0.5) is 0 Å². The third-order valence-electron chi connectivity index (χ3n) is 3.55. The van der Waals surface area contributed by atoms with Gasteiger partial charge >= 0.3 is 0 Å². The zero-order chi connectivity index (χ0) is 17.7. The van der Waals surface area contributed by atoms with Gasteiger partial charge in [0.1, 0.15) is 15.6 Å². The van der Waals surface area contributed by atoms with Crippen LogP contribution in [0.5, 0.6) is 5.75 Å². The normalized spacial score (nSPS) is 11.4. The van der Waals surface area contributed by atoms with Crippen molar-refractivity contribution >= 4 is 26.6 Å². The molecule has 7 nitrogen and oxygen atoms in total. The predicted molar refractivity (Wildman–Crippen MR) is 92.2 cm³/mol. The van der Waals surface area contributed by atoms with Crippen LogP contribution in [-0.2, 0) is 21.1 Å². The summed E-state index contributed by atoms with van der Waals surface area (Å²) < 4.78 is 27.1. The van der Waals surface area contributed by atoms with Gasteiger partial charge in [-0.2, -0.15) is 0 Å². The number of rotatable bonds is 7. The van der Waals surface area contributed by atoms with Crippen LogP contribution >= 0.6 is 0 Å². The average molecular weight is 352 g/mol. The molecule has 0 saturated heterocycles. The Morgan fingerprint density at radius 3 is 2.71 bits per heavy atom. The van der Waals surface area contributed by atoms with E-state index in [-0.39, 0.29) is 30.2 Å². The van der Waals surface area contributed by atoms with E-state index in [9.17, 15) is 18.0 Å². The van der Waals surface area contributed by atoms with Crippen molar-refractivity contribution in [3.63, 3.8) is 0 Å². The highest BCUT2D eigenvalue weighted by Crippen LogP contribution is 2.18. The summed E-state index contributed by atoms with van der Waals surface area (Å²) in [5, 5.41) is 3.49. The number of benzene rings is 1. The van der Waals surface area contributed by atoms with Crippen molar-refractivity contribution in [1.82, 2.24) is 10.3 Å². The maximum Gasteiger partial charge on any atom is 0.251 e. The third kappa shape index (κ3) is 5.09. The standard InChI is InChI=1S/C16H20N2O5S/c1-23-13-4-3-11-9-12(16(20)18-14(11)10-13)5-7-17-15(19)6-8-24(2,21)22/h3-4,9-10H,5-8H2,1-2H3,(H,17,19)(H,18,20). The van der Waals surface area contributed by atoms with Crippen LogP contribution in [0.25, 0.3) is 10.9 Å².